The highest BCUT2D eigenvalue weighted by Gasteiger charge is 2.41. The first-order chi connectivity index (χ1) is 26.3. The molecule has 4 aliphatic rings. The van der Waals surface area contributed by atoms with Gasteiger partial charge in [0.15, 0.2) is 11.5 Å². The van der Waals surface area contributed by atoms with Gasteiger partial charge in [-0.15, -0.1) is 0 Å². The Morgan fingerprint density at radius 3 is 2.48 bits per heavy atom. The minimum Gasteiger partial charge on any atom is -0.493 e. The molecule has 3 aromatic carbocycles. The quantitative estimate of drug-likeness (QED) is 0.156. The van der Waals surface area contributed by atoms with E-state index in [0.717, 1.165) is 96.2 Å². The predicted molar refractivity (Wildman–Crippen MR) is 221 cm³/mol. The maximum absolute atomic E-state index is 10.2. The highest BCUT2D eigenvalue weighted by molar-refractivity contribution is 5.82. The summed E-state index contributed by atoms with van der Waals surface area (Å²) in [5.74, 6) is 4.85. The highest BCUT2D eigenvalue weighted by Crippen LogP contribution is 2.47. The Morgan fingerprint density at radius 2 is 1.76 bits per heavy atom. The van der Waals surface area contributed by atoms with Crippen molar-refractivity contribution in [1.29, 1.82) is 5.26 Å². The number of nitrogens with zero attached hydrogens (tertiary/aromatic N) is 1. The van der Waals surface area contributed by atoms with Crippen LogP contribution in [0.25, 0.3) is 23.6 Å². The second kappa shape index (κ2) is 16.9. The Morgan fingerprint density at radius 1 is 0.926 bits per heavy atom. The molecule has 0 spiro atoms. The molecule has 2 bridgehead atoms. The van der Waals surface area contributed by atoms with Crippen LogP contribution < -0.4 is 24.8 Å². The molecule has 1 N–H and O–H groups in total. The summed E-state index contributed by atoms with van der Waals surface area (Å²) in [6, 6.07) is 23.8. The summed E-state index contributed by atoms with van der Waals surface area (Å²) >= 11 is 0. The summed E-state index contributed by atoms with van der Waals surface area (Å²) < 4.78 is 18.4. The van der Waals surface area contributed by atoms with Crippen molar-refractivity contribution in [2.75, 3.05) is 7.11 Å². The second-order valence-electron chi connectivity index (χ2n) is 16.6. The molecule has 5 unspecified atom stereocenters. The van der Waals surface area contributed by atoms with Gasteiger partial charge in [-0.3, -0.25) is 0 Å². The molecule has 0 aliphatic heterocycles. The van der Waals surface area contributed by atoms with Gasteiger partial charge in [0.25, 0.3) is 0 Å². The number of nitriles is 1. The number of ether oxygens (including phenoxy) is 3. The molecule has 0 saturated heterocycles. The van der Waals surface area contributed by atoms with E-state index in [4.69, 9.17) is 14.2 Å². The SMILES string of the molecule is C=C(CC)CC1CCCC(C#N)(c2ccc(CC)c(OC3CCCC3)c2)C1.C=c1[nH]c2ccccc2/c1=C\c1ccc(OC)c(OC2CC3CCC2C3)c1. The molecule has 54 heavy (non-hydrogen) atoms. The Balaban J connectivity index is 0.000000167. The molecule has 0 amide bonds. The molecule has 5 atom stereocenters. The molecule has 284 valence electrons. The van der Waals surface area contributed by atoms with E-state index in [1.54, 1.807) is 7.11 Å². The molecule has 0 radical (unpaired) electrons. The van der Waals surface area contributed by atoms with E-state index in [1.165, 1.54) is 67.0 Å². The summed E-state index contributed by atoms with van der Waals surface area (Å²) in [6.45, 7) is 12.7. The average Bonchev–Trinajstić information content (AvgIpc) is 4.02. The van der Waals surface area contributed by atoms with E-state index in [-0.39, 0.29) is 5.41 Å². The summed E-state index contributed by atoms with van der Waals surface area (Å²) in [6.07, 6.45) is 20.3. The number of methoxy groups -OCH3 is 1. The third-order valence-corrected chi connectivity index (χ3v) is 13.0. The van der Waals surface area contributed by atoms with Gasteiger partial charge in [-0.1, -0.05) is 81.8 Å². The summed E-state index contributed by atoms with van der Waals surface area (Å²) in [7, 11) is 1.71. The minimum atomic E-state index is -0.364. The van der Waals surface area contributed by atoms with Gasteiger partial charge in [-0.05, 0) is 148 Å². The van der Waals surface area contributed by atoms with Crippen molar-refractivity contribution in [2.24, 2.45) is 17.8 Å². The molecule has 4 aliphatic carbocycles. The highest BCUT2D eigenvalue weighted by atomic mass is 16.5. The topological polar surface area (TPSA) is 67.3 Å². The fraction of sp³-hybridized carbons (Fsp3) is 0.490. The van der Waals surface area contributed by atoms with Crippen LogP contribution >= 0.6 is 0 Å². The van der Waals surface area contributed by atoms with Crippen LogP contribution in [0.4, 0.5) is 0 Å². The number of hydrogen-bond acceptors (Lipinski definition) is 4. The number of aryl methyl sites for hydroxylation is 1. The zero-order valence-corrected chi connectivity index (χ0v) is 32.9. The molecule has 5 heteroatoms. The van der Waals surface area contributed by atoms with Crippen molar-refractivity contribution < 1.29 is 14.2 Å². The standard InChI is InChI=1S/C25H35NO.C24H25NO2/c1-4-19(3)15-20-9-8-14-25(17-20,18-26)22-13-12-21(5-2)24(16-22)27-23-10-6-7-11-23;1-15-20(19-5-3-4-6-21(19)25-15)12-17-8-10-22(26-2)24(14-17)27-23-13-16-7-9-18(23)11-16/h12-13,16,20,23H,3-11,14-15,17H2,1-2H3;3-6,8,10,12,14,16,18,23,25H,1,7,9,11,13H2,2H3/b;20-12-. The molecule has 1 aromatic heterocycles. The van der Waals surface area contributed by atoms with E-state index < -0.39 is 0 Å². The second-order valence-corrected chi connectivity index (χ2v) is 16.6. The normalized spacial score (nSPS) is 25.3. The first kappa shape index (κ1) is 37.9. The lowest BCUT2D eigenvalue weighted by Gasteiger charge is -2.37. The largest absolute Gasteiger partial charge is 0.493 e. The van der Waals surface area contributed by atoms with Gasteiger partial charge in [-0.2, -0.15) is 5.26 Å². The monoisotopic (exact) mass is 724 g/mol. The third-order valence-electron chi connectivity index (χ3n) is 13.0. The minimum absolute atomic E-state index is 0.337. The van der Waals surface area contributed by atoms with Crippen molar-refractivity contribution >= 4 is 23.6 Å². The van der Waals surface area contributed by atoms with E-state index >= 15 is 0 Å². The van der Waals surface area contributed by atoms with Crippen LogP contribution in [0.15, 0.2) is 72.8 Å². The number of H-pyrrole nitrogens is 1. The van der Waals surface area contributed by atoms with Gasteiger partial charge in [0.05, 0.1) is 24.7 Å². The van der Waals surface area contributed by atoms with Gasteiger partial charge in [-0.25, -0.2) is 0 Å². The average molecular weight is 725 g/mol. The summed E-state index contributed by atoms with van der Waals surface area (Å²) in [5.41, 5.74) is 5.61. The number of fused-ring (bicyclic) bond motifs is 3. The maximum atomic E-state index is 10.2. The maximum Gasteiger partial charge on any atom is 0.162 e. The number of hydrogen-bond donors (Lipinski definition) is 1. The van der Waals surface area contributed by atoms with Crippen LogP contribution in [0.1, 0.15) is 120 Å². The molecule has 8 rings (SSSR count). The van der Waals surface area contributed by atoms with Crippen molar-refractivity contribution in [2.45, 2.75) is 128 Å². The van der Waals surface area contributed by atoms with Crippen molar-refractivity contribution in [3.63, 3.8) is 0 Å². The molecule has 4 aromatic rings. The number of rotatable bonds is 11. The van der Waals surface area contributed by atoms with E-state index in [9.17, 15) is 5.26 Å². The van der Waals surface area contributed by atoms with Crippen molar-refractivity contribution in [1.82, 2.24) is 4.98 Å². The van der Waals surface area contributed by atoms with Crippen LogP contribution in [0, 0.1) is 29.1 Å². The van der Waals surface area contributed by atoms with Crippen molar-refractivity contribution in [3.05, 3.63) is 100 Å². The first-order valence-electron chi connectivity index (χ1n) is 20.8. The van der Waals surface area contributed by atoms with Crippen LogP contribution in [0.3, 0.4) is 0 Å². The lowest BCUT2D eigenvalue weighted by atomic mass is 9.65. The number of aromatic nitrogens is 1. The fourth-order valence-electron chi connectivity index (χ4n) is 9.90. The van der Waals surface area contributed by atoms with Crippen LogP contribution in [0.5, 0.6) is 17.2 Å². The van der Waals surface area contributed by atoms with Crippen molar-refractivity contribution in [3.8, 4) is 23.3 Å². The number of nitrogens with one attached hydrogen (secondary N) is 1. The lowest BCUT2D eigenvalue weighted by Crippen LogP contribution is -2.32. The van der Waals surface area contributed by atoms with Crippen LogP contribution in [-0.4, -0.2) is 24.3 Å². The van der Waals surface area contributed by atoms with Gasteiger partial charge in [0, 0.05) is 21.5 Å². The zero-order chi connectivity index (χ0) is 37.7. The molecule has 1 heterocycles. The van der Waals surface area contributed by atoms with E-state index in [2.05, 4.69) is 92.7 Å². The van der Waals surface area contributed by atoms with Crippen LogP contribution in [-0.2, 0) is 11.8 Å². The number of aromatic amines is 1. The first-order valence-corrected chi connectivity index (χ1v) is 20.8. The molecule has 4 fully saturated rings. The molecule has 5 nitrogen and oxygen atoms in total. The summed E-state index contributed by atoms with van der Waals surface area (Å²) in [5, 5.41) is 13.4. The predicted octanol–water partition coefficient (Wildman–Crippen LogP) is 10.9. The van der Waals surface area contributed by atoms with Gasteiger partial charge >= 0.3 is 0 Å². The number of para-hydroxylation sites is 1. The number of allylic oxidation sites excluding steroid dienone is 1. The van der Waals surface area contributed by atoms with Gasteiger partial charge < -0.3 is 19.2 Å². The van der Waals surface area contributed by atoms with Gasteiger partial charge in [0.2, 0.25) is 0 Å². The molecule has 4 saturated carbocycles. The lowest BCUT2D eigenvalue weighted by molar-refractivity contribution is 0.133. The number of benzene rings is 3. The molecular weight excluding hydrogens is 665 g/mol. The van der Waals surface area contributed by atoms with E-state index in [1.807, 2.05) is 12.1 Å². The Bertz CT molecular complexity index is 2080. The van der Waals surface area contributed by atoms with Gasteiger partial charge in [0.1, 0.15) is 11.9 Å². The Labute approximate surface area is 323 Å². The Kier molecular flexibility index (Phi) is 11.9. The molecular formula is C49H60N2O3. The fourth-order valence-corrected chi connectivity index (χ4v) is 9.90. The zero-order valence-electron chi connectivity index (χ0n) is 32.9. The Hall–Kier alpha value is -4.43. The van der Waals surface area contributed by atoms with Crippen LogP contribution in [0.2, 0.25) is 0 Å². The smallest absolute Gasteiger partial charge is 0.162 e. The third kappa shape index (κ3) is 8.29. The van der Waals surface area contributed by atoms with E-state index in [0.29, 0.717) is 24.0 Å². The summed E-state index contributed by atoms with van der Waals surface area (Å²) in [4.78, 5) is 3.36.